The molecule has 1 aromatic rings. The number of nitrogens with zero attached hydrogens (tertiary/aromatic N) is 1. The molecule has 0 heterocycles. The predicted octanol–water partition coefficient (Wildman–Crippen LogP) is 1.37. The fourth-order valence-electron chi connectivity index (χ4n) is 1.60. The summed E-state index contributed by atoms with van der Waals surface area (Å²) in [6.07, 6.45) is -2.63. The maximum atomic E-state index is 12.4. The molecule has 0 spiro atoms. The molecule has 3 N–H and O–H groups in total. The number of aromatic hydroxyl groups is 1. The van der Waals surface area contributed by atoms with Gasteiger partial charge in [-0.25, -0.2) is 8.78 Å². The summed E-state index contributed by atoms with van der Waals surface area (Å²) >= 11 is 0. The summed E-state index contributed by atoms with van der Waals surface area (Å²) in [6, 6.07) is 4.62. The lowest BCUT2D eigenvalue weighted by atomic mass is 10.1. The molecule has 0 saturated carbocycles. The number of aryl methyl sites for hydroxylation is 1. The molecular formula is C12H16F2N2O2. The Kier molecular flexibility index (Phi) is 5.03. The maximum absolute atomic E-state index is 12.4. The number of hydrogen-bond donors (Lipinski definition) is 2. The van der Waals surface area contributed by atoms with E-state index in [1.54, 1.807) is 19.1 Å². The van der Waals surface area contributed by atoms with E-state index in [1.165, 1.54) is 6.07 Å². The van der Waals surface area contributed by atoms with Gasteiger partial charge in [0, 0.05) is 13.1 Å². The van der Waals surface area contributed by atoms with E-state index in [4.69, 9.17) is 5.73 Å². The lowest BCUT2D eigenvalue weighted by Gasteiger charge is -2.22. The van der Waals surface area contributed by atoms with Gasteiger partial charge in [0.15, 0.2) is 0 Å². The van der Waals surface area contributed by atoms with Crippen molar-refractivity contribution in [1.29, 1.82) is 0 Å². The summed E-state index contributed by atoms with van der Waals surface area (Å²) in [6.45, 7) is 1.05. The van der Waals surface area contributed by atoms with Gasteiger partial charge in [-0.2, -0.15) is 0 Å². The normalized spacial score (nSPS) is 10.7. The third-order valence-electron chi connectivity index (χ3n) is 2.51. The Hall–Kier alpha value is -1.69. The molecule has 0 atom stereocenters. The summed E-state index contributed by atoms with van der Waals surface area (Å²) in [5.74, 6) is -0.819. The molecule has 1 amide bonds. The first kappa shape index (κ1) is 14.4. The highest BCUT2D eigenvalue weighted by Crippen LogP contribution is 2.23. The number of hydrogen-bond acceptors (Lipinski definition) is 3. The van der Waals surface area contributed by atoms with Crippen LogP contribution in [0.25, 0.3) is 0 Å². The minimum Gasteiger partial charge on any atom is -0.507 e. The molecule has 6 heteroatoms. The third-order valence-corrected chi connectivity index (χ3v) is 2.51. The number of alkyl halides is 2. The lowest BCUT2D eigenvalue weighted by molar-refractivity contribution is 0.0560. The van der Waals surface area contributed by atoms with Crippen molar-refractivity contribution in [2.45, 2.75) is 13.3 Å². The minimum absolute atomic E-state index is 0.0177. The highest BCUT2D eigenvalue weighted by molar-refractivity contribution is 5.97. The van der Waals surface area contributed by atoms with Crippen LogP contribution < -0.4 is 5.73 Å². The van der Waals surface area contributed by atoms with Crippen molar-refractivity contribution in [3.8, 4) is 5.75 Å². The van der Waals surface area contributed by atoms with Gasteiger partial charge < -0.3 is 15.7 Å². The first-order chi connectivity index (χ1) is 8.47. The van der Waals surface area contributed by atoms with Crippen molar-refractivity contribution in [2.24, 2.45) is 5.73 Å². The molecule has 0 radical (unpaired) electrons. The van der Waals surface area contributed by atoms with Crippen LogP contribution in [-0.4, -0.2) is 42.0 Å². The van der Waals surface area contributed by atoms with E-state index in [0.29, 0.717) is 5.56 Å². The minimum atomic E-state index is -2.63. The Bertz CT molecular complexity index is 425. The number of carbonyl (C=O) groups excluding carboxylic acids is 1. The predicted molar refractivity (Wildman–Crippen MR) is 63.8 cm³/mol. The van der Waals surface area contributed by atoms with Gasteiger partial charge in [-0.1, -0.05) is 12.1 Å². The van der Waals surface area contributed by atoms with Crippen LogP contribution in [0.15, 0.2) is 18.2 Å². The highest BCUT2D eigenvalue weighted by Gasteiger charge is 2.21. The van der Waals surface area contributed by atoms with Gasteiger partial charge in [-0.05, 0) is 18.6 Å². The fourth-order valence-corrected chi connectivity index (χ4v) is 1.60. The van der Waals surface area contributed by atoms with Crippen molar-refractivity contribution in [3.05, 3.63) is 29.3 Å². The average Bonchev–Trinajstić information content (AvgIpc) is 2.31. The van der Waals surface area contributed by atoms with Crippen LogP contribution in [-0.2, 0) is 0 Å². The second-order valence-electron chi connectivity index (χ2n) is 3.90. The second kappa shape index (κ2) is 6.30. The third kappa shape index (κ3) is 3.40. The van der Waals surface area contributed by atoms with Crippen molar-refractivity contribution < 1.29 is 18.7 Å². The molecule has 0 aliphatic rings. The number of phenols is 1. The number of amides is 1. The summed E-state index contributed by atoms with van der Waals surface area (Å²) in [5, 5.41) is 9.75. The zero-order chi connectivity index (χ0) is 13.7. The van der Waals surface area contributed by atoms with Crippen LogP contribution in [0.5, 0.6) is 5.75 Å². The number of halogens is 2. The number of nitrogens with two attached hydrogens (primary N) is 1. The quantitative estimate of drug-likeness (QED) is 0.838. The van der Waals surface area contributed by atoms with Crippen LogP contribution in [0.2, 0.25) is 0 Å². The molecule has 18 heavy (non-hydrogen) atoms. The molecule has 0 aliphatic carbocycles. The van der Waals surface area contributed by atoms with E-state index in [-0.39, 0.29) is 24.4 Å². The largest absolute Gasteiger partial charge is 0.507 e. The molecule has 0 aromatic heterocycles. The van der Waals surface area contributed by atoms with E-state index >= 15 is 0 Å². The molecule has 100 valence electrons. The zero-order valence-corrected chi connectivity index (χ0v) is 10.1. The number of carbonyl (C=O) groups is 1. The molecule has 0 bridgehead atoms. The van der Waals surface area contributed by atoms with Gasteiger partial charge in [0.2, 0.25) is 0 Å². The molecule has 1 rings (SSSR count). The van der Waals surface area contributed by atoms with E-state index < -0.39 is 18.9 Å². The van der Waals surface area contributed by atoms with Crippen molar-refractivity contribution in [3.63, 3.8) is 0 Å². The number of para-hydroxylation sites is 1. The Morgan fingerprint density at radius 2 is 2.17 bits per heavy atom. The van der Waals surface area contributed by atoms with E-state index in [9.17, 15) is 18.7 Å². The smallest absolute Gasteiger partial charge is 0.257 e. The van der Waals surface area contributed by atoms with Crippen LogP contribution in [0.4, 0.5) is 8.78 Å². The summed E-state index contributed by atoms with van der Waals surface area (Å²) in [5.41, 5.74) is 5.82. The van der Waals surface area contributed by atoms with E-state index in [1.807, 2.05) is 0 Å². The first-order valence-corrected chi connectivity index (χ1v) is 5.53. The molecule has 1 aromatic carbocycles. The maximum Gasteiger partial charge on any atom is 0.257 e. The van der Waals surface area contributed by atoms with Crippen molar-refractivity contribution in [1.82, 2.24) is 4.90 Å². The van der Waals surface area contributed by atoms with Gasteiger partial charge in [-0.15, -0.1) is 0 Å². The van der Waals surface area contributed by atoms with Gasteiger partial charge in [0.25, 0.3) is 12.3 Å². The standard InChI is InChI=1S/C12H16F2N2O2/c1-8-3-2-4-9(11(8)17)12(18)16(6-5-15)7-10(13)14/h2-4,10,17H,5-7,15H2,1H3. The van der Waals surface area contributed by atoms with E-state index in [0.717, 1.165) is 4.90 Å². The number of phenolic OH excluding ortho intramolecular Hbond substituents is 1. The van der Waals surface area contributed by atoms with E-state index in [2.05, 4.69) is 0 Å². The Labute approximate surface area is 104 Å². The molecular weight excluding hydrogens is 242 g/mol. The van der Waals surface area contributed by atoms with Crippen LogP contribution in [0.1, 0.15) is 15.9 Å². The summed E-state index contributed by atoms with van der Waals surface area (Å²) in [7, 11) is 0. The number of rotatable bonds is 5. The van der Waals surface area contributed by atoms with Crippen LogP contribution >= 0.6 is 0 Å². The van der Waals surface area contributed by atoms with Gasteiger partial charge in [-0.3, -0.25) is 4.79 Å². The Morgan fingerprint density at radius 3 is 2.72 bits per heavy atom. The van der Waals surface area contributed by atoms with Gasteiger partial charge in [0.1, 0.15) is 5.75 Å². The highest BCUT2D eigenvalue weighted by atomic mass is 19.3. The first-order valence-electron chi connectivity index (χ1n) is 5.53. The molecule has 0 aliphatic heterocycles. The van der Waals surface area contributed by atoms with Crippen molar-refractivity contribution >= 4 is 5.91 Å². The molecule has 0 unspecified atom stereocenters. The van der Waals surface area contributed by atoms with Gasteiger partial charge in [0.05, 0.1) is 12.1 Å². The van der Waals surface area contributed by atoms with Crippen LogP contribution in [0.3, 0.4) is 0 Å². The number of benzene rings is 1. The summed E-state index contributed by atoms with van der Waals surface area (Å²) < 4.78 is 24.7. The van der Waals surface area contributed by atoms with Crippen molar-refractivity contribution in [2.75, 3.05) is 19.6 Å². The molecule has 0 fully saturated rings. The zero-order valence-electron chi connectivity index (χ0n) is 10.1. The monoisotopic (exact) mass is 258 g/mol. The summed E-state index contributed by atoms with van der Waals surface area (Å²) in [4.78, 5) is 13.0. The second-order valence-corrected chi connectivity index (χ2v) is 3.90. The van der Waals surface area contributed by atoms with Gasteiger partial charge >= 0.3 is 0 Å². The Morgan fingerprint density at radius 1 is 1.50 bits per heavy atom. The average molecular weight is 258 g/mol. The molecule has 0 saturated heterocycles. The fraction of sp³-hybridized carbons (Fsp3) is 0.417. The SMILES string of the molecule is Cc1cccc(C(=O)N(CCN)CC(F)F)c1O. The molecule has 4 nitrogen and oxygen atoms in total. The Balaban J connectivity index is 2.98. The topological polar surface area (TPSA) is 66.6 Å². The lowest BCUT2D eigenvalue weighted by Crippen LogP contribution is -2.38. The van der Waals surface area contributed by atoms with Crippen LogP contribution in [0, 0.1) is 6.92 Å².